The van der Waals surface area contributed by atoms with E-state index in [4.69, 9.17) is 28.9 Å². The van der Waals surface area contributed by atoms with Gasteiger partial charge in [-0.2, -0.15) is 24.6 Å². The van der Waals surface area contributed by atoms with Gasteiger partial charge in [0, 0.05) is 16.6 Å². The Hall–Kier alpha value is -1.82. The minimum absolute atomic E-state index is 0.253. The summed E-state index contributed by atoms with van der Waals surface area (Å²) < 4.78 is 26.8. The summed E-state index contributed by atoms with van der Waals surface area (Å²) in [5.41, 5.74) is 4.41. The van der Waals surface area contributed by atoms with Gasteiger partial charge in [0.15, 0.2) is 11.8 Å². The summed E-state index contributed by atoms with van der Waals surface area (Å²) >= 11 is 3.50. The Morgan fingerprint density at radius 1 is 1.11 bits per heavy atom. The molecule has 2 fully saturated rings. The predicted molar refractivity (Wildman–Crippen MR) is 139 cm³/mol. The van der Waals surface area contributed by atoms with Crippen LogP contribution >= 0.6 is 15.9 Å². The first-order valence-electron chi connectivity index (χ1n) is 12.0. The molecule has 0 bridgehead atoms. The zero-order valence-corrected chi connectivity index (χ0v) is 23.1. The summed E-state index contributed by atoms with van der Waals surface area (Å²) in [7, 11) is -1.22. The van der Waals surface area contributed by atoms with Crippen LogP contribution < -0.4 is 4.74 Å². The molecule has 0 saturated carbocycles. The summed E-state index contributed by atoms with van der Waals surface area (Å²) in [6.45, 7) is 10.6. The number of imidazole rings is 1. The lowest BCUT2D eigenvalue weighted by molar-refractivity contribution is 0.00336. The number of hydrogen-bond donors (Lipinski definition) is 1. The molecule has 0 radical (unpaired) electrons. The molecule has 2 aliphatic rings. The van der Waals surface area contributed by atoms with E-state index in [1.807, 2.05) is 41.8 Å². The molecule has 8 nitrogen and oxygen atoms in total. The second kappa shape index (κ2) is 9.91. The van der Waals surface area contributed by atoms with Crippen LogP contribution in [0.1, 0.15) is 5.56 Å². The van der Waals surface area contributed by atoms with E-state index in [1.54, 1.807) is 0 Å². The molecule has 4 atom stereocenters. The average Bonchev–Trinajstić information content (AvgIpc) is 3.46. The largest absolute Gasteiger partial charge is 0.456 e. The third-order valence-electron chi connectivity index (χ3n) is 6.45. The third-order valence-corrected chi connectivity index (χ3v) is 8.68. The van der Waals surface area contributed by atoms with Gasteiger partial charge in [-0.25, -0.2) is 4.98 Å². The van der Waals surface area contributed by atoms with Crippen LogP contribution in [0.15, 0.2) is 34.8 Å². The Balaban J connectivity index is 1.47. The Labute approximate surface area is 214 Å². The first kappa shape index (κ1) is 24.9. The maximum Gasteiger partial charge on any atom is 0.301 e. The smallest absolute Gasteiger partial charge is 0.301 e. The number of pyridine rings is 1. The number of hydrogen-bond acceptors (Lipinski definition) is 7. The SMILES string of the molecule is Cc1cc2nc(O[C@@H]3CO[C@H]4[C@@H]3OC[C@H]4O)n(COCC[Si-](C)(C)C)c2nc1-c1ccc(Br)cc1. The molecule has 1 aromatic carbocycles. The fourth-order valence-electron chi connectivity index (χ4n) is 4.45. The van der Waals surface area contributed by atoms with E-state index in [9.17, 15) is 5.11 Å². The van der Waals surface area contributed by atoms with Crippen molar-refractivity contribution >= 4 is 35.2 Å². The lowest BCUT2D eigenvalue weighted by Crippen LogP contribution is -2.35. The Morgan fingerprint density at radius 2 is 1.86 bits per heavy atom. The van der Waals surface area contributed by atoms with Gasteiger partial charge in [0.25, 0.3) is 0 Å². The number of benzene rings is 1. The van der Waals surface area contributed by atoms with Gasteiger partial charge in [-0.3, -0.25) is 4.57 Å². The van der Waals surface area contributed by atoms with Gasteiger partial charge >= 0.3 is 6.01 Å². The predicted octanol–water partition coefficient (Wildman–Crippen LogP) is 4.39. The number of fused-ring (bicyclic) bond motifs is 2. The zero-order valence-electron chi connectivity index (χ0n) is 20.5. The molecule has 4 heterocycles. The quantitative estimate of drug-likeness (QED) is 0.322. The van der Waals surface area contributed by atoms with E-state index >= 15 is 0 Å². The molecule has 0 aliphatic carbocycles. The van der Waals surface area contributed by atoms with Gasteiger partial charge in [0.1, 0.15) is 30.6 Å². The number of nitrogens with zero attached hydrogens (tertiary/aromatic N) is 3. The van der Waals surface area contributed by atoms with Crippen LogP contribution in [0.4, 0.5) is 0 Å². The molecule has 0 amide bonds. The number of aromatic nitrogens is 3. The second-order valence-corrected chi connectivity index (χ2v) is 17.0. The van der Waals surface area contributed by atoms with Crippen LogP contribution in [-0.2, 0) is 20.9 Å². The lowest BCUT2D eigenvalue weighted by Gasteiger charge is -2.26. The van der Waals surface area contributed by atoms with Crippen LogP contribution in [0.3, 0.4) is 0 Å². The number of aliphatic hydroxyl groups is 1. The summed E-state index contributed by atoms with van der Waals surface area (Å²) in [6.07, 6.45) is -1.67. The molecule has 35 heavy (non-hydrogen) atoms. The van der Waals surface area contributed by atoms with Gasteiger partial charge in [0.05, 0.1) is 18.9 Å². The van der Waals surface area contributed by atoms with Crippen LogP contribution in [0.25, 0.3) is 22.4 Å². The van der Waals surface area contributed by atoms with E-state index < -0.39 is 14.2 Å². The molecule has 2 saturated heterocycles. The Bertz CT molecular complexity index is 1200. The molecule has 0 spiro atoms. The topological polar surface area (TPSA) is 87.9 Å². The molecule has 10 heteroatoms. The van der Waals surface area contributed by atoms with Crippen molar-refractivity contribution in [1.29, 1.82) is 0 Å². The van der Waals surface area contributed by atoms with Gasteiger partial charge in [-0.1, -0.05) is 28.1 Å². The van der Waals surface area contributed by atoms with Crippen molar-refractivity contribution in [2.24, 2.45) is 0 Å². The molecule has 0 unspecified atom stereocenters. The summed E-state index contributed by atoms with van der Waals surface area (Å²) in [4.78, 5) is 9.78. The highest BCUT2D eigenvalue weighted by Gasteiger charge is 2.48. The summed E-state index contributed by atoms with van der Waals surface area (Å²) in [6, 6.07) is 11.6. The van der Waals surface area contributed by atoms with Crippen molar-refractivity contribution in [2.45, 2.75) is 63.8 Å². The Kier molecular flexibility index (Phi) is 7.04. The number of ether oxygens (including phenoxy) is 4. The van der Waals surface area contributed by atoms with E-state index in [1.165, 1.54) is 0 Å². The molecule has 5 rings (SSSR count). The minimum atomic E-state index is -1.22. The maximum absolute atomic E-state index is 10.1. The van der Waals surface area contributed by atoms with Crippen molar-refractivity contribution in [2.75, 3.05) is 19.8 Å². The summed E-state index contributed by atoms with van der Waals surface area (Å²) in [5.74, 6) is 0. The van der Waals surface area contributed by atoms with Crippen LogP contribution in [-0.4, -0.2) is 72.0 Å². The van der Waals surface area contributed by atoms with Crippen molar-refractivity contribution in [3.8, 4) is 17.3 Å². The minimum Gasteiger partial charge on any atom is -0.456 e. The zero-order chi connectivity index (χ0) is 24.7. The van der Waals surface area contributed by atoms with E-state index in [0.29, 0.717) is 24.9 Å². The van der Waals surface area contributed by atoms with Gasteiger partial charge in [-0.05, 0) is 30.7 Å². The van der Waals surface area contributed by atoms with Crippen LogP contribution in [0.5, 0.6) is 6.01 Å². The van der Waals surface area contributed by atoms with Gasteiger partial charge < -0.3 is 24.1 Å². The average molecular weight is 563 g/mol. The molecule has 2 aromatic heterocycles. The fourth-order valence-corrected chi connectivity index (χ4v) is 5.47. The molecule has 189 valence electrons. The highest BCUT2D eigenvalue weighted by Crippen LogP contribution is 2.32. The van der Waals surface area contributed by atoms with E-state index in [-0.39, 0.29) is 31.6 Å². The number of aryl methyl sites for hydroxylation is 1. The number of rotatable bonds is 8. The highest BCUT2D eigenvalue weighted by atomic mass is 79.9. The van der Waals surface area contributed by atoms with Crippen LogP contribution in [0, 0.1) is 6.92 Å². The molecule has 1 N–H and O–H groups in total. The van der Waals surface area contributed by atoms with E-state index in [2.05, 4.69) is 35.6 Å². The van der Waals surface area contributed by atoms with Crippen molar-refractivity contribution in [3.05, 3.63) is 40.4 Å². The summed E-state index contributed by atoms with van der Waals surface area (Å²) in [5, 5.41) is 10.1. The third kappa shape index (κ3) is 5.33. The number of aliphatic hydroxyl groups excluding tert-OH is 1. The van der Waals surface area contributed by atoms with Crippen molar-refractivity contribution < 1.29 is 24.1 Å². The molecular formula is C25H32BrN3O5Si-. The first-order valence-corrected chi connectivity index (χ1v) is 16.5. The number of halogens is 1. The van der Waals surface area contributed by atoms with E-state index in [0.717, 1.165) is 32.9 Å². The normalized spacial score (nSPS) is 24.3. The first-order chi connectivity index (χ1) is 16.7. The van der Waals surface area contributed by atoms with Gasteiger partial charge in [-0.15, -0.1) is 14.1 Å². The molecule has 2 aliphatic heterocycles. The van der Waals surface area contributed by atoms with Gasteiger partial charge in [0.2, 0.25) is 0 Å². The molecular weight excluding hydrogens is 530 g/mol. The monoisotopic (exact) mass is 561 g/mol. The Morgan fingerprint density at radius 3 is 2.60 bits per heavy atom. The van der Waals surface area contributed by atoms with Crippen molar-refractivity contribution in [3.63, 3.8) is 0 Å². The second-order valence-electron chi connectivity index (χ2n) is 10.5. The lowest BCUT2D eigenvalue weighted by atomic mass is 10.1. The maximum atomic E-state index is 10.1. The standard InChI is InChI=1S/C25H32BrN3O5Si/c1-15-11-18-24(28-21(15)16-5-7-17(26)8-6-16)29(14-31-9-10-35(2,3)4)25(27-18)34-20-13-33-22-19(30)12-32-23(20)22/h5-8,11,19-20,22-23,30H,9-10,12-14H2,1-4H3/q-1/t19-,20-,22-,23-/m1/s1. The van der Waals surface area contributed by atoms with Crippen LogP contribution in [0.2, 0.25) is 25.7 Å². The van der Waals surface area contributed by atoms with Crippen molar-refractivity contribution in [1.82, 2.24) is 14.5 Å². The molecule has 3 aromatic rings. The highest BCUT2D eigenvalue weighted by molar-refractivity contribution is 9.10. The fraction of sp³-hybridized carbons (Fsp3) is 0.520.